The third-order valence-corrected chi connectivity index (χ3v) is 13.4. The van der Waals surface area contributed by atoms with Crippen molar-refractivity contribution in [1.82, 2.24) is 14.5 Å². The summed E-state index contributed by atoms with van der Waals surface area (Å²) in [7, 11) is -3.51. The molecule has 3 N–H and O–H groups in total. The van der Waals surface area contributed by atoms with Gasteiger partial charge in [-0.3, -0.25) is 9.59 Å². The molecule has 2 aliphatic heterocycles. The zero-order valence-electron chi connectivity index (χ0n) is 22.7. The molecule has 1 aromatic carbocycles. The number of carbonyl (C=O) groups excluding carboxylic acids is 2. The Morgan fingerprint density at radius 2 is 1.82 bits per heavy atom. The van der Waals surface area contributed by atoms with Crippen LogP contribution in [0.1, 0.15) is 69.9 Å². The van der Waals surface area contributed by atoms with Crippen LogP contribution in [-0.4, -0.2) is 73.5 Å². The largest absolute Gasteiger partial charge is 0.351 e. The molecule has 8 nitrogen and oxygen atoms in total. The normalized spacial score (nSPS) is 33.7. The van der Waals surface area contributed by atoms with Gasteiger partial charge in [-0.05, 0) is 79.2 Å². The summed E-state index contributed by atoms with van der Waals surface area (Å²) in [4.78, 5) is 26.8. The van der Waals surface area contributed by atoms with Crippen molar-refractivity contribution >= 4 is 21.8 Å². The van der Waals surface area contributed by atoms with Gasteiger partial charge in [0.25, 0.3) is 0 Å². The molecule has 0 radical (unpaired) electrons. The highest BCUT2D eigenvalue weighted by atomic mass is 32.2. The van der Waals surface area contributed by atoms with Crippen LogP contribution in [0.2, 0.25) is 0 Å². The van der Waals surface area contributed by atoms with E-state index in [1.165, 1.54) is 16.0 Å². The Morgan fingerprint density at radius 1 is 1.08 bits per heavy atom. The fourth-order valence-corrected chi connectivity index (χ4v) is 11.1. The highest BCUT2D eigenvalue weighted by molar-refractivity contribution is 7.89. The second-order valence-electron chi connectivity index (χ2n) is 13.2. The lowest BCUT2D eigenvalue weighted by Gasteiger charge is -2.45. The Bertz CT molecular complexity index is 1240. The first-order chi connectivity index (χ1) is 18.0. The maximum absolute atomic E-state index is 14.0. The van der Waals surface area contributed by atoms with Crippen LogP contribution in [0, 0.1) is 16.7 Å². The molecule has 5 aliphatic rings. The summed E-state index contributed by atoms with van der Waals surface area (Å²) in [5, 5.41) is 3.19. The summed E-state index contributed by atoms with van der Waals surface area (Å²) in [5.74, 6) is 0.0614. The highest BCUT2D eigenvalue weighted by Gasteiger charge is 2.66. The van der Waals surface area contributed by atoms with E-state index in [9.17, 15) is 18.0 Å². The third kappa shape index (κ3) is 3.94. The first kappa shape index (κ1) is 26.3. The maximum Gasteiger partial charge on any atom is 0.240 e. The molecule has 38 heavy (non-hydrogen) atoms. The lowest BCUT2D eigenvalue weighted by Crippen LogP contribution is -2.56. The van der Waals surface area contributed by atoms with Gasteiger partial charge in [0, 0.05) is 31.1 Å². The number of likely N-dealkylation sites (tertiary alicyclic amines) is 1. The molecule has 2 saturated carbocycles. The molecule has 9 heteroatoms. The molecule has 1 aromatic rings. The van der Waals surface area contributed by atoms with Crippen LogP contribution in [0.25, 0.3) is 0 Å². The molecule has 2 heterocycles. The zero-order chi connectivity index (χ0) is 26.9. The molecule has 2 saturated heterocycles. The van der Waals surface area contributed by atoms with Crippen LogP contribution in [0.4, 0.5) is 0 Å². The fourth-order valence-electron chi connectivity index (χ4n) is 8.85. The zero-order valence-corrected chi connectivity index (χ0v) is 23.6. The number of fused-ring (bicyclic) bond motifs is 4. The predicted octanol–water partition coefficient (Wildman–Crippen LogP) is 2.17. The number of rotatable bonds is 6. The molecule has 0 unspecified atom stereocenters. The minimum absolute atomic E-state index is 0.00730. The topological polar surface area (TPSA) is 113 Å². The van der Waals surface area contributed by atoms with Crippen molar-refractivity contribution in [2.75, 3.05) is 31.9 Å². The number of aryl methyl sites for hydroxylation is 1. The summed E-state index contributed by atoms with van der Waals surface area (Å²) in [6.45, 7) is 5.99. The molecular formula is C29H42N4O4S. The highest BCUT2D eigenvalue weighted by Crippen LogP contribution is 2.66. The summed E-state index contributed by atoms with van der Waals surface area (Å²) in [6.07, 6.45) is 7.08. The van der Waals surface area contributed by atoms with Gasteiger partial charge >= 0.3 is 0 Å². The molecule has 1 spiro atoms. The van der Waals surface area contributed by atoms with Crippen LogP contribution in [-0.2, 0) is 31.4 Å². The van der Waals surface area contributed by atoms with Gasteiger partial charge in [0.2, 0.25) is 21.8 Å². The van der Waals surface area contributed by atoms with Crippen molar-refractivity contribution in [3.63, 3.8) is 0 Å². The maximum atomic E-state index is 14.0. The number of hydrogen-bond donors (Lipinski definition) is 2. The van der Waals surface area contributed by atoms with Gasteiger partial charge in [0.15, 0.2) is 0 Å². The van der Waals surface area contributed by atoms with E-state index in [1.54, 1.807) is 4.31 Å². The van der Waals surface area contributed by atoms with Crippen LogP contribution >= 0.6 is 0 Å². The van der Waals surface area contributed by atoms with Crippen LogP contribution in [0.15, 0.2) is 24.3 Å². The first-order valence-electron chi connectivity index (χ1n) is 14.4. The smallest absolute Gasteiger partial charge is 0.240 e. The molecule has 2 bridgehead atoms. The van der Waals surface area contributed by atoms with Crippen molar-refractivity contribution in [2.24, 2.45) is 22.5 Å². The van der Waals surface area contributed by atoms with Crippen LogP contribution in [0.3, 0.4) is 0 Å². The Balaban J connectivity index is 1.16. The van der Waals surface area contributed by atoms with E-state index < -0.39 is 21.5 Å². The Morgan fingerprint density at radius 3 is 2.50 bits per heavy atom. The van der Waals surface area contributed by atoms with E-state index in [1.807, 2.05) is 0 Å². The number of sulfonamides is 1. The van der Waals surface area contributed by atoms with Crippen molar-refractivity contribution < 1.29 is 18.0 Å². The molecule has 4 fully saturated rings. The number of nitrogens with one attached hydrogen (secondary N) is 1. The lowest BCUT2D eigenvalue weighted by molar-refractivity contribution is -0.134. The van der Waals surface area contributed by atoms with Gasteiger partial charge in [-0.25, -0.2) is 12.7 Å². The van der Waals surface area contributed by atoms with E-state index in [4.69, 9.17) is 5.73 Å². The van der Waals surface area contributed by atoms with Crippen LogP contribution in [0.5, 0.6) is 0 Å². The quantitative estimate of drug-likeness (QED) is 0.572. The second-order valence-corrected chi connectivity index (χ2v) is 15.2. The number of hydrogen-bond acceptors (Lipinski definition) is 5. The van der Waals surface area contributed by atoms with E-state index >= 15 is 0 Å². The number of benzene rings is 1. The van der Waals surface area contributed by atoms with E-state index in [0.29, 0.717) is 32.0 Å². The molecule has 2 amide bonds. The van der Waals surface area contributed by atoms with E-state index in [-0.39, 0.29) is 41.0 Å². The van der Waals surface area contributed by atoms with Gasteiger partial charge in [-0.2, -0.15) is 0 Å². The lowest BCUT2D eigenvalue weighted by atomic mass is 9.69. The Kier molecular flexibility index (Phi) is 6.24. The average molecular weight is 543 g/mol. The molecule has 4 atom stereocenters. The monoisotopic (exact) mass is 542 g/mol. The van der Waals surface area contributed by atoms with Gasteiger partial charge in [0.05, 0.1) is 18.3 Å². The van der Waals surface area contributed by atoms with Gasteiger partial charge in [-0.15, -0.1) is 0 Å². The second kappa shape index (κ2) is 9.03. The number of piperidine rings is 1. The summed E-state index contributed by atoms with van der Waals surface area (Å²) < 4.78 is 29.7. The minimum atomic E-state index is -3.51. The Hall–Kier alpha value is -1.97. The number of carbonyl (C=O) groups is 2. The standard InChI is InChI=1S/C29H42N4O4S/c1-27(2)21-8-11-29(27,24(17-21)31-25(34)18-32-14-9-23(30)26(32)35)19-38(36,37)33-15-12-28(13-16-33)10-7-20-5-3-4-6-22(20)28/h3-6,21,23-24H,7-19,30H2,1-2H3,(H,31,34)/t21-,23+,24+,29-/m1/s1. The number of nitrogens with zero attached hydrogens (tertiary/aromatic N) is 2. The van der Waals surface area contributed by atoms with Gasteiger partial charge < -0.3 is 16.0 Å². The van der Waals surface area contributed by atoms with Crippen molar-refractivity contribution in [3.8, 4) is 0 Å². The van der Waals surface area contributed by atoms with Crippen LogP contribution < -0.4 is 11.1 Å². The van der Waals surface area contributed by atoms with Crippen molar-refractivity contribution in [2.45, 2.75) is 82.7 Å². The molecule has 6 rings (SSSR count). The molecule has 208 valence electrons. The van der Waals surface area contributed by atoms with Gasteiger partial charge in [-0.1, -0.05) is 38.1 Å². The number of amides is 2. The summed E-state index contributed by atoms with van der Waals surface area (Å²) in [5.41, 5.74) is 8.08. The molecule has 0 aromatic heterocycles. The van der Waals surface area contributed by atoms with Crippen molar-refractivity contribution in [3.05, 3.63) is 35.4 Å². The summed E-state index contributed by atoms with van der Waals surface area (Å²) in [6, 6.07) is 7.93. The van der Waals surface area contributed by atoms with E-state index in [2.05, 4.69) is 43.4 Å². The minimum Gasteiger partial charge on any atom is -0.351 e. The molecule has 3 aliphatic carbocycles. The Labute approximate surface area is 226 Å². The predicted molar refractivity (Wildman–Crippen MR) is 146 cm³/mol. The van der Waals surface area contributed by atoms with E-state index in [0.717, 1.165) is 44.9 Å². The van der Waals surface area contributed by atoms with Gasteiger partial charge in [0.1, 0.15) is 0 Å². The average Bonchev–Trinajstić information content (AvgIpc) is 3.52. The third-order valence-electron chi connectivity index (χ3n) is 11.4. The SMILES string of the molecule is CC1(C)[C@@H]2CC[C@@]1(CS(=O)(=O)N1CCC3(CCc4ccccc43)CC1)[C@@H](NC(=O)CN1CC[C@H](N)C1=O)C2. The number of nitrogens with two attached hydrogens (primary N) is 1. The fraction of sp³-hybridized carbons (Fsp3) is 0.724. The summed E-state index contributed by atoms with van der Waals surface area (Å²) >= 11 is 0. The first-order valence-corrected chi connectivity index (χ1v) is 16.0. The molecular weight excluding hydrogens is 500 g/mol. The van der Waals surface area contributed by atoms with Crippen molar-refractivity contribution in [1.29, 1.82) is 0 Å².